The summed E-state index contributed by atoms with van der Waals surface area (Å²) in [4.78, 5) is 13.1. The highest BCUT2D eigenvalue weighted by Crippen LogP contribution is 2.16. The molecule has 0 fully saturated rings. The molecule has 2 N–H and O–H groups in total. The van der Waals surface area contributed by atoms with Gasteiger partial charge in [-0.1, -0.05) is 37.3 Å². The van der Waals surface area contributed by atoms with Crippen molar-refractivity contribution in [2.75, 3.05) is 20.6 Å². The van der Waals surface area contributed by atoms with Crippen molar-refractivity contribution in [3.8, 4) is 0 Å². The Morgan fingerprint density at radius 1 is 1.33 bits per heavy atom. The summed E-state index contributed by atoms with van der Waals surface area (Å²) in [6.07, 6.45) is 0.588. The van der Waals surface area contributed by atoms with Gasteiger partial charge in [0.05, 0.1) is 0 Å². The summed E-state index contributed by atoms with van der Waals surface area (Å²) in [7, 11) is 4.00. The quantitative estimate of drug-likeness (QED) is 0.774. The molecule has 0 saturated heterocycles. The van der Waals surface area contributed by atoms with Crippen molar-refractivity contribution in [3.63, 3.8) is 0 Å². The minimum absolute atomic E-state index is 0.180. The maximum absolute atomic E-state index is 11.0. The maximum atomic E-state index is 11.0. The predicted octanol–water partition coefficient (Wildman–Crippen LogP) is 1.74. The SMILES string of the molecule is CCC(NCC(c1ccccc1)N(C)C)C(=O)O. The second kappa shape index (κ2) is 7.13. The van der Waals surface area contributed by atoms with E-state index >= 15 is 0 Å². The van der Waals surface area contributed by atoms with Gasteiger partial charge in [0.15, 0.2) is 0 Å². The molecule has 0 radical (unpaired) electrons. The van der Waals surface area contributed by atoms with Crippen LogP contribution in [0.2, 0.25) is 0 Å². The molecule has 1 aromatic carbocycles. The van der Waals surface area contributed by atoms with Gasteiger partial charge in [-0.15, -0.1) is 0 Å². The van der Waals surface area contributed by atoms with Gasteiger partial charge in [0.1, 0.15) is 6.04 Å². The van der Waals surface area contributed by atoms with E-state index in [9.17, 15) is 4.79 Å². The van der Waals surface area contributed by atoms with E-state index in [1.54, 1.807) is 0 Å². The lowest BCUT2D eigenvalue weighted by molar-refractivity contribution is -0.139. The van der Waals surface area contributed by atoms with E-state index in [1.165, 1.54) is 5.56 Å². The van der Waals surface area contributed by atoms with Crippen molar-refractivity contribution in [2.45, 2.75) is 25.4 Å². The summed E-state index contributed by atoms with van der Waals surface area (Å²) in [5.41, 5.74) is 1.19. The zero-order valence-corrected chi connectivity index (χ0v) is 11.3. The third-order valence-electron chi connectivity index (χ3n) is 3.07. The van der Waals surface area contributed by atoms with Crippen LogP contribution in [0.3, 0.4) is 0 Å². The highest BCUT2D eigenvalue weighted by molar-refractivity contribution is 5.73. The molecule has 0 aliphatic rings. The maximum Gasteiger partial charge on any atom is 0.320 e. The average Bonchev–Trinajstić information content (AvgIpc) is 2.35. The fourth-order valence-electron chi connectivity index (χ4n) is 1.93. The molecule has 4 heteroatoms. The predicted molar refractivity (Wildman–Crippen MR) is 72.6 cm³/mol. The number of nitrogens with zero attached hydrogens (tertiary/aromatic N) is 1. The Bertz CT molecular complexity index is 365. The van der Waals surface area contributed by atoms with Crippen molar-refractivity contribution in [1.82, 2.24) is 10.2 Å². The Kier molecular flexibility index (Phi) is 5.82. The van der Waals surface area contributed by atoms with E-state index in [0.29, 0.717) is 13.0 Å². The Balaban J connectivity index is 2.68. The smallest absolute Gasteiger partial charge is 0.320 e. The molecule has 0 spiro atoms. The average molecular weight is 250 g/mol. The van der Waals surface area contributed by atoms with Gasteiger partial charge in [0.25, 0.3) is 0 Å². The third kappa shape index (κ3) is 4.13. The van der Waals surface area contributed by atoms with Crippen LogP contribution >= 0.6 is 0 Å². The second-order valence-electron chi connectivity index (χ2n) is 4.60. The van der Waals surface area contributed by atoms with Crippen molar-refractivity contribution in [2.24, 2.45) is 0 Å². The molecule has 0 bridgehead atoms. The standard InChI is InChI=1S/C14H22N2O2/c1-4-12(14(17)18)15-10-13(16(2)3)11-8-6-5-7-9-11/h5-9,12-13,15H,4,10H2,1-3H3,(H,17,18). The fraction of sp³-hybridized carbons (Fsp3) is 0.500. The zero-order chi connectivity index (χ0) is 13.5. The molecule has 1 aromatic rings. The summed E-state index contributed by atoms with van der Waals surface area (Å²) in [5, 5.41) is 12.1. The minimum Gasteiger partial charge on any atom is -0.480 e. The highest BCUT2D eigenvalue weighted by atomic mass is 16.4. The number of likely N-dealkylation sites (N-methyl/N-ethyl adjacent to an activating group) is 1. The van der Waals surface area contributed by atoms with Crippen LogP contribution in [0, 0.1) is 0 Å². The lowest BCUT2D eigenvalue weighted by Gasteiger charge is -2.26. The van der Waals surface area contributed by atoms with Gasteiger partial charge in [0.2, 0.25) is 0 Å². The van der Waals surface area contributed by atoms with Crippen molar-refractivity contribution in [1.29, 1.82) is 0 Å². The van der Waals surface area contributed by atoms with Gasteiger partial charge < -0.3 is 15.3 Å². The number of hydrogen-bond donors (Lipinski definition) is 2. The number of carbonyl (C=O) groups is 1. The molecule has 2 atom stereocenters. The summed E-state index contributed by atoms with van der Waals surface area (Å²) in [6.45, 7) is 2.50. The van der Waals surface area contributed by atoms with Crippen molar-refractivity contribution in [3.05, 3.63) is 35.9 Å². The number of carboxylic acid groups (broad SMARTS) is 1. The Hall–Kier alpha value is -1.39. The molecule has 100 valence electrons. The summed E-state index contributed by atoms with van der Waals surface area (Å²) in [6, 6.07) is 9.81. The number of nitrogens with one attached hydrogen (secondary N) is 1. The van der Waals surface area contributed by atoms with E-state index < -0.39 is 12.0 Å². The van der Waals surface area contributed by atoms with Gasteiger partial charge in [-0.3, -0.25) is 4.79 Å². The molecule has 2 unspecified atom stereocenters. The second-order valence-corrected chi connectivity index (χ2v) is 4.60. The Morgan fingerprint density at radius 2 is 1.94 bits per heavy atom. The van der Waals surface area contributed by atoms with Crippen LogP contribution in [-0.2, 0) is 4.79 Å². The molecule has 0 saturated carbocycles. The van der Waals surface area contributed by atoms with Gasteiger partial charge >= 0.3 is 5.97 Å². The summed E-state index contributed by atoms with van der Waals surface area (Å²) >= 11 is 0. The van der Waals surface area contributed by atoms with Crippen LogP contribution in [0.5, 0.6) is 0 Å². The molecule has 0 aliphatic heterocycles. The molecule has 0 amide bonds. The number of hydrogen-bond acceptors (Lipinski definition) is 3. The first kappa shape index (κ1) is 14.7. The molecular formula is C14H22N2O2. The van der Waals surface area contributed by atoms with E-state index in [1.807, 2.05) is 39.2 Å². The van der Waals surface area contributed by atoms with Gasteiger partial charge in [-0.05, 0) is 26.1 Å². The van der Waals surface area contributed by atoms with Gasteiger partial charge in [-0.2, -0.15) is 0 Å². The summed E-state index contributed by atoms with van der Waals surface area (Å²) in [5.74, 6) is -0.789. The monoisotopic (exact) mass is 250 g/mol. The van der Waals surface area contributed by atoms with Crippen LogP contribution in [-0.4, -0.2) is 42.7 Å². The molecule has 0 aromatic heterocycles. The van der Waals surface area contributed by atoms with Gasteiger partial charge in [-0.25, -0.2) is 0 Å². The largest absolute Gasteiger partial charge is 0.480 e. The van der Waals surface area contributed by atoms with E-state index in [-0.39, 0.29) is 6.04 Å². The molecular weight excluding hydrogens is 228 g/mol. The first-order valence-electron chi connectivity index (χ1n) is 6.23. The van der Waals surface area contributed by atoms with Crippen molar-refractivity contribution >= 4 is 5.97 Å². The first-order valence-corrected chi connectivity index (χ1v) is 6.23. The van der Waals surface area contributed by atoms with Crippen LogP contribution in [0.1, 0.15) is 24.9 Å². The van der Waals surface area contributed by atoms with Crippen molar-refractivity contribution < 1.29 is 9.90 Å². The number of aliphatic carboxylic acids is 1. The zero-order valence-electron chi connectivity index (χ0n) is 11.3. The van der Waals surface area contributed by atoms with Gasteiger partial charge in [0, 0.05) is 12.6 Å². The van der Waals surface area contributed by atoms with Crippen LogP contribution in [0.4, 0.5) is 0 Å². The first-order chi connectivity index (χ1) is 8.56. The fourth-order valence-corrected chi connectivity index (χ4v) is 1.93. The lowest BCUT2D eigenvalue weighted by atomic mass is 10.1. The lowest BCUT2D eigenvalue weighted by Crippen LogP contribution is -2.41. The van der Waals surface area contributed by atoms with Crippen LogP contribution in [0.15, 0.2) is 30.3 Å². The minimum atomic E-state index is -0.789. The van der Waals surface area contributed by atoms with Crippen LogP contribution in [0.25, 0.3) is 0 Å². The third-order valence-corrected chi connectivity index (χ3v) is 3.07. The molecule has 0 aliphatic carbocycles. The number of carboxylic acids is 1. The van der Waals surface area contributed by atoms with E-state index in [0.717, 1.165) is 0 Å². The molecule has 0 heterocycles. The van der Waals surface area contributed by atoms with Crippen LogP contribution < -0.4 is 5.32 Å². The number of benzene rings is 1. The highest BCUT2D eigenvalue weighted by Gasteiger charge is 2.19. The molecule has 18 heavy (non-hydrogen) atoms. The molecule has 4 nitrogen and oxygen atoms in total. The summed E-state index contributed by atoms with van der Waals surface area (Å²) < 4.78 is 0. The van der Waals surface area contributed by atoms with E-state index in [4.69, 9.17) is 5.11 Å². The number of rotatable bonds is 7. The van der Waals surface area contributed by atoms with E-state index in [2.05, 4.69) is 22.3 Å². The molecule has 1 rings (SSSR count). The Morgan fingerprint density at radius 3 is 2.39 bits per heavy atom. The Labute approximate surface area is 109 Å². The topological polar surface area (TPSA) is 52.6 Å². The normalized spacial score (nSPS) is 14.4.